The maximum absolute atomic E-state index is 9.38. The highest BCUT2D eigenvalue weighted by Gasteiger charge is 2.33. The molecule has 2 aromatic rings. The van der Waals surface area contributed by atoms with E-state index in [1.54, 1.807) is 0 Å². The minimum Gasteiger partial charge on any atom is -0.390 e. The molecule has 1 aromatic heterocycles. The van der Waals surface area contributed by atoms with Gasteiger partial charge in [0.05, 0.1) is 17.7 Å². The van der Waals surface area contributed by atoms with E-state index in [2.05, 4.69) is 48.1 Å². The Morgan fingerprint density at radius 2 is 1.70 bits per heavy atom. The van der Waals surface area contributed by atoms with Crippen molar-refractivity contribution in [2.45, 2.75) is 45.6 Å². The first kappa shape index (κ1) is 14.7. The Morgan fingerprint density at radius 3 is 2.25 bits per heavy atom. The third-order valence-electron chi connectivity index (χ3n) is 4.03. The summed E-state index contributed by atoms with van der Waals surface area (Å²) in [7, 11) is 0. The second-order valence-corrected chi connectivity index (χ2v) is 5.14. The predicted molar refractivity (Wildman–Crippen MR) is 80.5 cm³/mol. The maximum Gasteiger partial charge on any atom is 0.139 e. The van der Waals surface area contributed by atoms with Gasteiger partial charge in [0.15, 0.2) is 0 Å². The van der Waals surface area contributed by atoms with Crippen LogP contribution in [-0.4, -0.2) is 15.1 Å². The fourth-order valence-corrected chi connectivity index (χ4v) is 2.79. The van der Waals surface area contributed by atoms with Crippen LogP contribution in [0.2, 0.25) is 0 Å². The quantitative estimate of drug-likeness (QED) is 0.906. The molecule has 0 bridgehead atoms. The van der Waals surface area contributed by atoms with Crippen LogP contribution in [0.25, 0.3) is 0 Å². The average molecular weight is 270 g/mol. The van der Waals surface area contributed by atoms with E-state index in [0.717, 1.165) is 24.4 Å². The van der Waals surface area contributed by atoms with Crippen molar-refractivity contribution in [2.75, 3.05) is 0 Å². The molecule has 0 aliphatic carbocycles. The molecule has 0 radical (unpaired) electrons. The summed E-state index contributed by atoms with van der Waals surface area (Å²) < 4.78 is 0. The third kappa shape index (κ3) is 2.59. The molecule has 3 heteroatoms. The number of hydrogen-bond acceptors (Lipinski definition) is 3. The number of aliphatic hydroxyl groups excluding tert-OH is 1. The zero-order valence-electron chi connectivity index (χ0n) is 12.4. The molecule has 106 valence electrons. The molecule has 20 heavy (non-hydrogen) atoms. The molecule has 0 amide bonds. The summed E-state index contributed by atoms with van der Waals surface area (Å²) in [6.45, 7) is 6.24. The summed E-state index contributed by atoms with van der Waals surface area (Å²) in [6.07, 6.45) is 1.86. The molecule has 1 aromatic carbocycles. The third-order valence-corrected chi connectivity index (χ3v) is 4.03. The molecule has 1 N–H and O–H groups in total. The summed E-state index contributed by atoms with van der Waals surface area (Å²) in [6, 6.07) is 12.2. The van der Waals surface area contributed by atoms with Gasteiger partial charge in [-0.3, -0.25) is 0 Å². The molecule has 0 aliphatic heterocycles. The summed E-state index contributed by atoms with van der Waals surface area (Å²) >= 11 is 0. The first-order chi connectivity index (χ1) is 9.66. The number of aliphatic hydroxyl groups is 1. The van der Waals surface area contributed by atoms with Crippen LogP contribution >= 0.6 is 0 Å². The smallest absolute Gasteiger partial charge is 0.139 e. The van der Waals surface area contributed by atoms with Crippen LogP contribution in [0.15, 0.2) is 36.4 Å². The van der Waals surface area contributed by atoms with Crippen LogP contribution in [0, 0.1) is 6.92 Å². The highest BCUT2D eigenvalue weighted by atomic mass is 16.3. The molecule has 0 saturated heterocycles. The Balaban J connectivity index is 2.62. The summed E-state index contributed by atoms with van der Waals surface area (Å²) in [5.41, 5.74) is 2.65. The molecule has 0 fully saturated rings. The van der Waals surface area contributed by atoms with E-state index in [1.165, 1.54) is 5.56 Å². The van der Waals surface area contributed by atoms with Crippen molar-refractivity contribution >= 4 is 0 Å². The van der Waals surface area contributed by atoms with Crippen LogP contribution < -0.4 is 0 Å². The number of hydrogen-bond donors (Lipinski definition) is 1. The normalized spacial score (nSPS) is 11.6. The lowest BCUT2D eigenvalue weighted by Crippen LogP contribution is -2.29. The van der Waals surface area contributed by atoms with Crippen LogP contribution in [0.1, 0.15) is 49.5 Å². The van der Waals surface area contributed by atoms with Crippen molar-refractivity contribution in [3.8, 4) is 0 Å². The zero-order chi connectivity index (χ0) is 14.6. The van der Waals surface area contributed by atoms with E-state index >= 15 is 0 Å². The van der Waals surface area contributed by atoms with Gasteiger partial charge in [0.25, 0.3) is 0 Å². The van der Waals surface area contributed by atoms with Gasteiger partial charge in [-0.25, -0.2) is 9.97 Å². The number of aryl methyl sites for hydroxylation is 1. The molecule has 0 aliphatic rings. The SMILES string of the molecule is CCC(CC)(c1ccccc1)c1nc(C)cc(CO)n1. The van der Waals surface area contributed by atoms with Crippen LogP contribution in [0.5, 0.6) is 0 Å². The minimum atomic E-state index is -0.183. The Bertz CT molecular complexity index is 562. The molecule has 0 unspecified atom stereocenters. The van der Waals surface area contributed by atoms with Gasteiger partial charge in [-0.2, -0.15) is 0 Å². The molecule has 3 nitrogen and oxygen atoms in total. The van der Waals surface area contributed by atoms with Gasteiger partial charge in [0.2, 0.25) is 0 Å². The standard InChI is InChI=1S/C17H22N2O/c1-4-17(5-2,14-9-7-6-8-10-14)16-18-13(3)11-15(12-20)19-16/h6-11,20H,4-5,12H2,1-3H3. The lowest BCUT2D eigenvalue weighted by molar-refractivity contribution is 0.274. The Morgan fingerprint density at radius 1 is 1.05 bits per heavy atom. The van der Waals surface area contributed by atoms with E-state index in [9.17, 15) is 5.11 Å². The van der Waals surface area contributed by atoms with Gasteiger partial charge < -0.3 is 5.11 Å². The van der Waals surface area contributed by atoms with E-state index in [1.807, 2.05) is 19.1 Å². The van der Waals surface area contributed by atoms with E-state index in [-0.39, 0.29) is 12.0 Å². The summed E-state index contributed by atoms with van der Waals surface area (Å²) in [5.74, 6) is 0.817. The fourth-order valence-electron chi connectivity index (χ4n) is 2.79. The van der Waals surface area contributed by atoms with Crippen molar-refractivity contribution in [3.05, 3.63) is 59.2 Å². The highest BCUT2D eigenvalue weighted by molar-refractivity contribution is 5.33. The largest absolute Gasteiger partial charge is 0.390 e. The number of aromatic nitrogens is 2. The van der Waals surface area contributed by atoms with Crippen molar-refractivity contribution in [1.82, 2.24) is 9.97 Å². The number of nitrogens with zero attached hydrogens (tertiary/aromatic N) is 2. The van der Waals surface area contributed by atoms with Gasteiger partial charge in [-0.05, 0) is 31.4 Å². The first-order valence-corrected chi connectivity index (χ1v) is 7.17. The van der Waals surface area contributed by atoms with Crippen molar-refractivity contribution in [2.24, 2.45) is 0 Å². The fraction of sp³-hybridized carbons (Fsp3) is 0.412. The van der Waals surface area contributed by atoms with Gasteiger partial charge in [-0.15, -0.1) is 0 Å². The van der Waals surface area contributed by atoms with Gasteiger partial charge in [-0.1, -0.05) is 44.2 Å². The summed E-state index contributed by atoms with van der Waals surface area (Å²) in [4.78, 5) is 9.23. The van der Waals surface area contributed by atoms with E-state index < -0.39 is 0 Å². The van der Waals surface area contributed by atoms with Crippen molar-refractivity contribution in [1.29, 1.82) is 0 Å². The van der Waals surface area contributed by atoms with Crippen LogP contribution in [-0.2, 0) is 12.0 Å². The van der Waals surface area contributed by atoms with E-state index in [0.29, 0.717) is 5.69 Å². The Kier molecular flexibility index (Phi) is 4.50. The predicted octanol–water partition coefficient (Wildman–Crippen LogP) is 3.38. The van der Waals surface area contributed by atoms with E-state index in [4.69, 9.17) is 0 Å². The molecule has 0 spiro atoms. The summed E-state index contributed by atoms with van der Waals surface area (Å²) in [5, 5.41) is 9.38. The molecule has 1 heterocycles. The Labute approximate surface area is 120 Å². The number of benzene rings is 1. The van der Waals surface area contributed by atoms with Crippen molar-refractivity contribution in [3.63, 3.8) is 0 Å². The lowest BCUT2D eigenvalue weighted by Gasteiger charge is -2.31. The highest BCUT2D eigenvalue weighted by Crippen LogP contribution is 2.36. The van der Waals surface area contributed by atoms with Gasteiger partial charge in [0, 0.05) is 5.69 Å². The van der Waals surface area contributed by atoms with Crippen LogP contribution in [0.3, 0.4) is 0 Å². The second-order valence-electron chi connectivity index (χ2n) is 5.14. The van der Waals surface area contributed by atoms with Crippen LogP contribution in [0.4, 0.5) is 0 Å². The number of rotatable bonds is 5. The minimum absolute atomic E-state index is 0.0470. The lowest BCUT2D eigenvalue weighted by atomic mass is 9.75. The zero-order valence-corrected chi connectivity index (χ0v) is 12.4. The molecule has 0 saturated carbocycles. The molecule has 0 atom stereocenters. The topological polar surface area (TPSA) is 46.0 Å². The average Bonchev–Trinajstić information content (AvgIpc) is 2.49. The molecular weight excluding hydrogens is 248 g/mol. The monoisotopic (exact) mass is 270 g/mol. The molecule has 2 rings (SSSR count). The molecular formula is C17H22N2O. The second kappa shape index (κ2) is 6.14. The first-order valence-electron chi connectivity index (χ1n) is 7.17. The van der Waals surface area contributed by atoms with Gasteiger partial charge in [0.1, 0.15) is 5.82 Å². The maximum atomic E-state index is 9.38. The Hall–Kier alpha value is -1.74. The van der Waals surface area contributed by atoms with Crippen molar-refractivity contribution < 1.29 is 5.11 Å². The van der Waals surface area contributed by atoms with Gasteiger partial charge >= 0.3 is 0 Å².